The minimum Gasteiger partial charge on any atom is -0.355 e. The highest BCUT2D eigenvalue weighted by Gasteiger charge is 2.38. The summed E-state index contributed by atoms with van der Waals surface area (Å²) in [6, 6.07) is 33.6. The number of aromatic nitrogens is 1. The maximum atomic E-state index is 3.55. The maximum Gasteiger partial charge on any atom is 0.0630 e. The normalized spacial score (nSPS) is 18.9. The summed E-state index contributed by atoms with van der Waals surface area (Å²) in [4.78, 5) is 6.07. The number of H-pyrrole nitrogens is 1. The summed E-state index contributed by atoms with van der Waals surface area (Å²) in [5.41, 5.74) is 10.3. The number of rotatable bonds is 3. The predicted octanol–water partition coefficient (Wildman–Crippen LogP) is 8.14. The Morgan fingerprint density at radius 1 is 0.794 bits per heavy atom. The van der Waals surface area contributed by atoms with Gasteiger partial charge in [-0.1, -0.05) is 79.7 Å². The summed E-state index contributed by atoms with van der Waals surface area (Å²) < 4.78 is 0. The third-order valence-corrected chi connectivity index (χ3v) is 7.49. The molecule has 2 nitrogen and oxygen atoms in total. The van der Waals surface area contributed by atoms with Crippen molar-refractivity contribution in [3.05, 3.63) is 126 Å². The molecule has 7 rings (SSSR count). The van der Waals surface area contributed by atoms with E-state index in [4.69, 9.17) is 0 Å². The van der Waals surface area contributed by atoms with Gasteiger partial charge in [-0.05, 0) is 65.1 Å². The molecule has 0 saturated heterocycles. The van der Waals surface area contributed by atoms with Crippen LogP contribution in [0.5, 0.6) is 0 Å². The Hall–Kier alpha value is -4.04. The lowest BCUT2D eigenvalue weighted by Crippen LogP contribution is -2.29. The molecule has 34 heavy (non-hydrogen) atoms. The average Bonchev–Trinajstić information content (AvgIpc) is 3.43. The highest BCUT2D eigenvalue weighted by atomic mass is 15.2. The number of aryl methyl sites for hydroxylation is 1. The standard InChI is InChI=1S/C32H26N2/c1-2-21-8-7-9-24(18-21)34-31-13-6-4-11-26(31)28-20-23(15-17-32(28)34)22-14-16-30-27(19-22)25-10-3-5-12-29(25)33-30/h3-20,28,32-33H,2H2,1H3. The van der Waals surface area contributed by atoms with Crippen molar-refractivity contribution in [3.63, 3.8) is 0 Å². The van der Waals surface area contributed by atoms with Gasteiger partial charge in [0.1, 0.15) is 0 Å². The first-order chi connectivity index (χ1) is 16.8. The third kappa shape index (κ3) is 2.88. The van der Waals surface area contributed by atoms with Crippen LogP contribution in [-0.4, -0.2) is 11.0 Å². The summed E-state index contributed by atoms with van der Waals surface area (Å²) in [5, 5.41) is 2.57. The molecule has 2 atom stereocenters. The molecule has 2 heterocycles. The predicted molar refractivity (Wildman–Crippen MR) is 144 cm³/mol. The van der Waals surface area contributed by atoms with Crippen molar-refractivity contribution in [3.8, 4) is 0 Å². The van der Waals surface area contributed by atoms with Crippen molar-refractivity contribution in [1.29, 1.82) is 0 Å². The van der Waals surface area contributed by atoms with Gasteiger partial charge < -0.3 is 9.88 Å². The Morgan fingerprint density at radius 2 is 1.65 bits per heavy atom. The van der Waals surface area contributed by atoms with Gasteiger partial charge in [-0.15, -0.1) is 0 Å². The van der Waals surface area contributed by atoms with Gasteiger partial charge in [-0.3, -0.25) is 0 Å². The van der Waals surface area contributed by atoms with E-state index in [1.54, 1.807) is 0 Å². The van der Waals surface area contributed by atoms with Crippen LogP contribution in [0.2, 0.25) is 0 Å². The van der Waals surface area contributed by atoms with Crippen LogP contribution < -0.4 is 4.90 Å². The zero-order chi connectivity index (χ0) is 22.6. The largest absolute Gasteiger partial charge is 0.355 e. The number of para-hydroxylation sites is 2. The lowest BCUT2D eigenvalue weighted by atomic mass is 9.86. The smallest absolute Gasteiger partial charge is 0.0630 e. The lowest BCUT2D eigenvalue weighted by molar-refractivity contribution is 0.747. The van der Waals surface area contributed by atoms with E-state index in [2.05, 4.69) is 126 Å². The molecule has 0 bridgehead atoms. The van der Waals surface area contributed by atoms with Gasteiger partial charge >= 0.3 is 0 Å². The Morgan fingerprint density at radius 3 is 2.59 bits per heavy atom. The second kappa shape index (κ2) is 7.50. The van der Waals surface area contributed by atoms with Gasteiger partial charge in [0, 0.05) is 39.1 Å². The Kier molecular flexibility index (Phi) is 4.28. The average molecular weight is 439 g/mol. The fourth-order valence-corrected chi connectivity index (χ4v) is 5.80. The molecule has 2 unspecified atom stereocenters. The number of nitrogens with zero attached hydrogens (tertiary/aromatic N) is 1. The fraction of sp³-hybridized carbons (Fsp3) is 0.125. The quantitative estimate of drug-likeness (QED) is 0.301. The van der Waals surface area contributed by atoms with E-state index in [0.717, 1.165) is 6.42 Å². The molecule has 0 saturated carbocycles. The summed E-state index contributed by atoms with van der Waals surface area (Å²) in [5.74, 6) is 0.333. The third-order valence-electron chi connectivity index (χ3n) is 7.49. The highest BCUT2D eigenvalue weighted by Crippen LogP contribution is 2.49. The lowest BCUT2D eigenvalue weighted by Gasteiger charge is -2.30. The Balaban J connectivity index is 1.33. The number of hydrogen-bond acceptors (Lipinski definition) is 1. The Bertz CT molecular complexity index is 1620. The molecule has 2 heteroatoms. The van der Waals surface area contributed by atoms with Gasteiger partial charge in [0.15, 0.2) is 0 Å². The molecule has 1 aromatic heterocycles. The van der Waals surface area contributed by atoms with Crippen molar-refractivity contribution in [2.75, 3.05) is 4.90 Å². The molecule has 0 amide bonds. The molecule has 1 aliphatic carbocycles. The SMILES string of the molecule is CCc1cccc(N2c3ccccc3C3C=C(c4ccc5[nH]c6ccccc6c5c4)C=CC32)c1. The summed E-state index contributed by atoms with van der Waals surface area (Å²) in [6.45, 7) is 2.22. The minimum absolute atomic E-state index is 0.296. The van der Waals surface area contributed by atoms with Gasteiger partial charge in [0.25, 0.3) is 0 Å². The van der Waals surface area contributed by atoms with Gasteiger partial charge in [0.05, 0.1) is 6.04 Å². The zero-order valence-electron chi connectivity index (χ0n) is 19.2. The van der Waals surface area contributed by atoms with Crippen molar-refractivity contribution < 1.29 is 0 Å². The van der Waals surface area contributed by atoms with Crippen LogP contribution in [-0.2, 0) is 6.42 Å². The summed E-state index contributed by atoms with van der Waals surface area (Å²) >= 11 is 0. The van der Waals surface area contributed by atoms with Crippen molar-refractivity contribution in [2.45, 2.75) is 25.3 Å². The molecule has 0 radical (unpaired) electrons. The number of anilines is 2. The number of benzene rings is 4. The molecule has 5 aromatic rings. The van der Waals surface area contributed by atoms with E-state index < -0.39 is 0 Å². The fourth-order valence-electron chi connectivity index (χ4n) is 5.80. The van der Waals surface area contributed by atoms with Crippen LogP contribution in [0.25, 0.3) is 27.4 Å². The number of fused-ring (bicyclic) bond motifs is 6. The van der Waals surface area contributed by atoms with Gasteiger partial charge in [-0.2, -0.15) is 0 Å². The van der Waals surface area contributed by atoms with Crippen molar-refractivity contribution in [1.82, 2.24) is 4.98 Å². The van der Waals surface area contributed by atoms with Crippen LogP contribution in [0.1, 0.15) is 29.5 Å². The molecule has 1 aliphatic heterocycles. The molecule has 1 N–H and O–H groups in total. The van der Waals surface area contributed by atoms with E-state index in [-0.39, 0.29) is 0 Å². The molecule has 164 valence electrons. The highest BCUT2D eigenvalue weighted by molar-refractivity contribution is 6.08. The van der Waals surface area contributed by atoms with Crippen LogP contribution in [0.15, 0.2) is 109 Å². The van der Waals surface area contributed by atoms with Crippen molar-refractivity contribution >= 4 is 38.8 Å². The number of allylic oxidation sites excluding steroid dienone is 2. The number of aromatic amines is 1. The summed E-state index contributed by atoms with van der Waals surface area (Å²) in [7, 11) is 0. The molecule has 2 aliphatic rings. The first-order valence-corrected chi connectivity index (χ1v) is 12.2. The number of nitrogens with one attached hydrogen (secondary N) is 1. The van der Waals surface area contributed by atoms with Crippen LogP contribution in [0, 0.1) is 0 Å². The monoisotopic (exact) mass is 438 g/mol. The maximum absolute atomic E-state index is 3.55. The first-order valence-electron chi connectivity index (χ1n) is 12.2. The van der Waals surface area contributed by atoms with E-state index in [1.807, 2.05) is 0 Å². The Labute approximate surface area is 199 Å². The zero-order valence-corrected chi connectivity index (χ0v) is 19.2. The molecule has 0 fully saturated rings. The van der Waals surface area contributed by atoms with E-state index in [1.165, 1.54) is 55.4 Å². The number of hydrogen-bond donors (Lipinski definition) is 1. The van der Waals surface area contributed by atoms with Gasteiger partial charge in [0.2, 0.25) is 0 Å². The van der Waals surface area contributed by atoms with E-state index >= 15 is 0 Å². The molecular formula is C32H26N2. The van der Waals surface area contributed by atoms with E-state index in [9.17, 15) is 0 Å². The topological polar surface area (TPSA) is 19.0 Å². The van der Waals surface area contributed by atoms with E-state index in [0.29, 0.717) is 12.0 Å². The van der Waals surface area contributed by atoms with Crippen LogP contribution in [0.4, 0.5) is 11.4 Å². The minimum atomic E-state index is 0.296. The molecular weight excluding hydrogens is 412 g/mol. The molecule has 0 spiro atoms. The molecule has 4 aromatic carbocycles. The van der Waals surface area contributed by atoms with Crippen LogP contribution in [0.3, 0.4) is 0 Å². The second-order valence-electron chi connectivity index (χ2n) is 9.38. The van der Waals surface area contributed by atoms with Crippen LogP contribution >= 0.6 is 0 Å². The van der Waals surface area contributed by atoms with Gasteiger partial charge in [-0.25, -0.2) is 0 Å². The first kappa shape index (κ1) is 19.4. The summed E-state index contributed by atoms with van der Waals surface area (Å²) in [6.07, 6.45) is 8.24. The second-order valence-corrected chi connectivity index (χ2v) is 9.38. The van der Waals surface area contributed by atoms with Crippen molar-refractivity contribution in [2.24, 2.45) is 0 Å².